The van der Waals surface area contributed by atoms with Gasteiger partial charge in [0, 0.05) is 16.7 Å². The Hall–Kier alpha value is -4.45. The number of nitrogens with one attached hydrogen (secondary N) is 2. The molecule has 5 rings (SSSR count). The summed E-state index contributed by atoms with van der Waals surface area (Å²) in [5.74, 6) is -1.25. The van der Waals surface area contributed by atoms with Crippen LogP contribution in [0.5, 0.6) is 5.88 Å². The first-order valence-electron chi connectivity index (χ1n) is 9.27. The van der Waals surface area contributed by atoms with Gasteiger partial charge in [0.2, 0.25) is 11.8 Å². The average molecular weight is 416 g/mol. The van der Waals surface area contributed by atoms with E-state index in [0.717, 1.165) is 0 Å². The lowest BCUT2D eigenvalue weighted by Gasteiger charge is -2.24. The zero-order chi connectivity index (χ0) is 21.5. The number of ether oxygens (including phenoxy) is 1. The van der Waals surface area contributed by atoms with Crippen LogP contribution in [0.2, 0.25) is 0 Å². The second-order valence-corrected chi connectivity index (χ2v) is 6.96. The summed E-state index contributed by atoms with van der Waals surface area (Å²) in [7, 11) is 0. The predicted molar refractivity (Wildman–Crippen MR) is 107 cm³/mol. The number of hydrogen-bond donors (Lipinski definition) is 3. The molecule has 1 aliphatic rings. The largest absolute Gasteiger partial charge is 0.420 e. The van der Waals surface area contributed by atoms with Crippen LogP contribution in [0.1, 0.15) is 17.0 Å². The van der Waals surface area contributed by atoms with Crippen molar-refractivity contribution >= 4 is 0 Å². The molecule has 1 atom stereocenters. The van der Waals surface area contributed by atoms with Gasteiger partial charge in [0.05, 0.1) is 29.1 Å². The van der Waals surface area contributed by atoms with Gasteiger partial charge in [-0.25, -0.2) is 8.78 Å². The van der Waals surface area contributed by atoms with E-state index in [0.29, 0.717) is 33.6 Å². The lowest BCUT2D eigenvalue weighted by molar-refractivity contribution is 0.379. The van der Waals surface area contributed by atoms with Gasteiger partial charge < -0.3 is 10.5 Å². The maximum absolute atomic E-state index is 13.4. The van der Waals surface area contributed by atoms with Crippen LogP contribution in [0.3, 0.4) is 0 Å². The Balaban J connectivity index is 1.72. The minimum absolute atomic E-state index is 0.0663. The van der Waals surface area contributed by atoms with Gasteiger partial charge >= 0.3 is 0 Å². The van der Waals surface area contributed by atoms with Crippen molar-refractivity contribution < 1.29 is 13.5 Å². The Morgan fingerprint density at radius 1 is 0.935 bits per heavy atom. The molecule has 0 bridgehead atoms. The van der Waals surface area contributed by atoms with Gasteiger partial charge in [0.25, 0.3) is 0 Å². The van der Waals surface area contributed by atoms with E-state index in [9.17, 15) is 14.0 Å². The van der Waals surface area contributed by atoms with Crippen molar-refractivity contribution in [1.82, 2.24) is 20.4 Å². The van der Waals surface area contributed by atoms with Gasteiger partial charge in [-0.2, -0.15) is 10.4 Å². The third kappa shape index (κ3) is 3.02. The highest BCUT2D eigenvalue weighted by molar-refractivity contribution is 5.74. The second kappa shape index (κ2) is 7.11. The van der Waals surface area contributed by atoms with E-state index in [1.807, 2.05) is 0 Å². The summed E-state index contributed by atoms with van der Waals surface area (Å²) in [4.78, 5) is 0. The molecule has 2 aromatic carbocycles. The molecule has 7 nitrogen and oxygen atoms in total. The summed E-state index contributed by atoms with van der Waals surface area (Å²) in [5.41, 5.74) is 9.93. The molecular weight excluding hydrogens is 402 g/mol. The summed E-state index contributed by atoms with van der Waals surface area (Å²) >= 11 is 0. The molecular formula is C22H14F2N6O. The van der Waals surface area contributed by atoms with E-state index in [2.05, 4.69) is 26.5 Å². The average Bonchev–Trinajstić information content (AvgIpc) is 3.41. The predicted octanol–water partition coefficient (Wildman–Crippen LogP) is 3.96. The Morgan fingerprint density at radius 2 is 1.55 bits per heavy atom. The van der Waals surface area contributed by atoms with Crippen LogP contribution in [0.4, 0.5) is 8.78 Å². The van der Waals surface area contributed by atoms with Crippen molar-refractivity contribution in [2.75, 3.05) is 0 Å². The van der Waals surface area contributed by atoms with Crippen molar-refractivity contribution in [2.24, 2.45) is 5.73 Å². The highest BCUT2D eigenvalue weighted by Gasteiger charge is 2.37. The summed E-state index contributed by atoms with van der Waals surface area (Å²) in [6.07, 6.45) is 1.59. The number of nitrogens with zero attached hydrogens (tertiary/aromatic N) is 3. The van der Waals surface area contributed by atoms with Crippen molar-refractivity contribution in [2.45, 2.75) is 5.92 Å². The molecule has 4 aromatic rings. The van der Waals surface area contributed by atoms with Gasteiger partial charge in [-0.05, 0) is 48.5 Å². The fourth-order valence-electron chi connectivity index (χ4n) is 3.75. The van der Waals surface area contributed by atoms with Crippen LogP contribution in [0.15, 0.2) is 66.2 Å². The number of aromatic amines is 2. The van der Waals surface area contributed by atoms with Crippen LogP contribution < -0.4 is 10.5 Å². The maximum Gasteiger partial charge on any atom is 0.244 e. The number of nitrogens with two attached hydrogens (primary N) is 1. The van der Waals surface area contributed by atoms with E-state index in [1.54, 1.807) is 30.5 Å². The quantitative estimate of drug-likeness (QED) is 0.467. The summed E-state index contributed by atoms with van der Waals surface area (Å²) in [6.45, 7) is 0. The number of benzene rings is 2. The minimum Gasteiger partial charge on any atom is -0.420 e. The summed E-state index contributed by atoms with van der Waals surface area (Å²) in [5, 5.41) is 24.0. The Morgan fingerprint density at radius 3 is 2.16 bits per heavy atom. The maximum atomic E-state index is 13.4. The highest BCUT2D eigenvalue weighted by atomic mass is 19.1. The van der Waals surface area contributed by atoms with Crippen LogP contribution in [-0.2, 0) is 0 Å². The fourth-order valence-corrected chi connectivity index (χ4v) is 3.75. The Bertz CT molecular complexity index is 1350. The normalized spacial score (nSPS) is 15.3. The van der Waals surface area contributed by atoms with Gasteiger partial charge in [0.15, 0.2) is 0 Å². The molecule has 31 heavy (non-hydrogen) atoms. The van der Waals surface area contributed by atoms with Gasteiger partial charge in [0.1, 0.15) is 23.3 Å². The van der Waals surface area contributed by atoms with Gasteiger partial charge in [-0.15, -0.1) is 5.10 Å². The van der Waals surface area contributed by atoms with E-state index < -0.39 is 5.92 Å². The number of nitriles is 1. The van der Waals surface area contributed by atoms with E-state index in [4.69, 9.17) is 10.5 Å². The monoisotopic (exact) mass is 416 g/mol. The fraction of sp³-hybridized carbons (Fsp3) is 0.0455. The third-order valence-corrected chi connectivity index (χ3v) is 5.18. The second-order valence-electron chi connectivity index (χ2n) is 6.96. The SMILES string of the molecule is N#CC1=C(N)Oc2n[nH]c(-c3ccc(F)cc3)c2[C@@H]1c1cn[nH]c1-c1ccc(F)cc1. The van der Waals surface area contributed by atoms with Crippen LogP contribution in [0.25, 0.3) is 22.5 Å². The molecule has 9 heteroatoms. The molecule has 1 aliphatic heterocycles. The zero-order valence-corrected chi connectivity index (χ0v) is 15.9. The number of rotatable bonds is 3. The van der Waals surface area contributed by atoms with Crippen LogP contribution >= 0.6 is 0 Å². The topological polar surface area (TPSA) is 116 Å². The standard InChI is InChI=1S/C22H14F2N6O/c23-13-5-1-11(2-6-13)19-16(10-27-28-19)17-15(9-25)21(26)31-22-18(17)20(29-30-22)12-3-7-14(24)8-4-12/h1-8,10,17H,26H2,(H,27,28)(H,29,30)/t17-/m0/s1. The molecule has 4 N–H and O–H groups in total. The van der Waals surface area contributed by atoms with Gasteiger partial charge in [-0.3, -0.25) is 10.2 Å². The number of halogens is 2. The van der Waals surface area contributed by atoms with Crippen molar-refractivity contribution in [1.29, 1.82) is 5.26 Å². The Kier molecular flexibility index (Phi) is 4.26. The highest BCUT2D eigenvalue weighted by Crippen LogP contribution is 2.47. The minimum atomic E-state index is -0.661. The molecule has 0 radical (unpaired) electrons. The molecule has 0 unspecified atom stereocenters. The lowest BCUT2D eigenvalue weighted by atomic mass is 9.82. The zero-order valence-electron chi connectivity index (χ0n) is 15.9. The number of allylic oxidation sites excluding steroid dienone is 1. The molecule has 3 heterocycles. The van der Waals surface area contributed by atoms with Crippen molar-refractivity contribution in [3.05, 3.63) is 88.9 Å². The first-order chi connectivity index (χ1) is 15.1. The van der Waals surface area contributed by atoms with E-state index >= 15 is 0 Å². The summed E-state index contributed by atoms with van der Waals surface area (Å²) in [6, 6.07) is 13.9. The van der Waals surface area contributed by atoms with E-state index in [-0.39, 0.29) is 29.0 Å². The third-order valence-electron chi connectivity index (χ3n) is 5.18. The molecule has 0 amide bonds. The molecule has 0 saturated heterocycles. The number of H-pyrrole nitrogens is 2. The van der Waals surface area contributed by atoms with Crippen LogP contribution in [0, 0.1) is 23.0 Å². The van der Waals surface area contributed by atoms with Crippen LogP contribution in [-0.4, -0.2) is 20.4 Å². The smallest absolute Gasteiger partial charge is 0.244 e. The molecule has 0 spiro atoms. The van der Waals surface area contributed by atoms with Crippen molar-refractivity contribution in [3.63, 3.8) is 0 Å². The molecule has 0 fully saturated rings. The first kappa shape index (κ1) is 18.6. The molecule has 0 saturated carbocycles. The number of aromatic nitrogens is 4. The molecule has 152 valence electrons. The molecule has 2 aromatic heterocycles. The number of fused-ring (bicyclic) bond motifs is 1. The summed E-state index contributed by atoms with van der Waals surface area (Å²) < 4.78 is 32.5. The molecule has 0 aliphatic carbocycles. The lowest BCUT2D eigenvalue weighted by Crippen LogP contribution is -2.21. The number of hydrogen-bond acceptors (Lipinski definition) is 5. The Labute approximate surface area is 174 Å². The van der Waals surface area contributed by atoms with E-state index in [1.165, 1.54) is 24.3 Å². The van der Waals surface area contributed by atoms with Gasteiger partial charge in [-0.1, -0.05) is 0 Å². The van der Waals surface area contributed by atoms with Crippen molar-refractivity contribution in [3.8, 4) is 34.5 Å². The first-order valence-corrected chi connectivity index (χ1v) is 9.27.